The van der Waals surface area contributed by atoms with Crippen molar-refractivity contribution in [1.82, 2.24) is 24.9 Å². The number of aliphatic carboxylic acids is 1. The normalized spacial score (nSPS) is 10.0. The van der Waals surface area contributed by atoms with E-state index in [0.717, 1.165) is 143 Å². The number of fused-ring (bicyclic) bond motifs is 5. The summed E-state index contributed by atoms with van der Waals surface area (Å²) in [5.41, 5.74) is 26.8. The molecule has 0 aliphatic rings. The Labute approximate surface area is 727 Å². The van der Waals surface area contributed by atoms with Crippen molar-refractivity contribution in [2.24, 2.45) is 0 Å². The van der Waals surface area contributed by atoms with Crippen LogP contribution in [0.2, 0.25) is 0 Å². The van der Waals surface area contributed by atoms with Gasteiger partial charge >= 0.3 is 29.8 Å². The van der Waals surface area contributed by atoms with Gasteiger partial charge in [0, 0.05) is 114 Å². The van der Waals surface area contributed by atoms with E-state index in [-0.39, 0.29) is 53.5 Å². The minimum absolute atomic E-state index is 0.0691. The van der Waals surface area contributed by atoms with Gasteiger partial charge in [0.15, 0.2) is 23.1 Å². The molecule has 5 heterocycles. The van der Waals surface area contributed by atoms with E-state index in [1.54, 1.807) is 12.4 Å². The first-order valence-corrected chi connectivity index (χ1v) is 42.0. The van der Waals surface area contributed by atoms with Gasteiger partial charge in [0.1, 0.15) is 22.8 Å². The molecule has 122 heavy (non-hydrogen) atoms. The molecule has 20 heteroatoms. The predicted octanol–water partition coefficient (Wildman–Crippen LogP) is 25.1. The van der Waals surface area contributed by atoms with Crippen LogP contribution < -0.4 is 0 Å². The zero-order chi connectivity index (χ0) is 94.8. The van der Waals surface area contributed by atoms with Crippen molar-refractivity contribution in [3.8, 4) is 0 Å². The number of Topliss-reactive ketones (excluding diaryl/α,β-unsaturated/α-hetero) is 4. The summed E-state index contributed by atoms with van der Waals surface area (Å²) in [5.74, 6) is -3.44. The predicted molar refractivity (Wildman–Crippen MR) is 502 cm³/mol. The lowest BCUT2D eigenvalue weighted by Gasteiger charge is -2.18. The van der Waals surface area contributed by atoms with Crippen molar-refractivity contribution in [1.29, 1.82) is 0 Å². The third-order valence-electron chi connectivity index (χ3n) is 21.4. The minimum Gasteiger partial charge on any atom is -0.481 e. The number of ether oxygens (including phenoxy) is 3. The highest BCUT2D eigenvalue weighted by molar-refractivity contribution is 6.16. The highest BCUT2D eigenvalue weighted by atomic mass is 16.5. The van der Waals surface area contributed by atoms with Crippen LogP contribution in [0.15, 0.2) is 31.0 Å². The van der Waals surface area contributed by atoms with Crippen LogP contribution in [-0.4, -0.2) is 116 Å². The summed E-state index contributed by atoms with van der Waals surface area (Å²) < 4.78 is 14.5. The van der Waals surface area contributed by atoms with Crippen LogP contribution in [0.5, 0.6) is 0 Å². The number of carboxylic acids is 2. The van der Waals surface area contributed by atoms with Crippen LogP contribution in [0.25, 0.3) is 58.7 Å². The molecule has 0 saturated heterocycles. The number of aromatic carboxylic acids is 1. The highest BCUT2D eigenvalue weighted by Gasteiger charge is 2.27. The van der Waals surface area contributed by atoms with Gasteiger partial charge in [0.2, 0.25) is 6.54 Å². The molecule has 10 rings (SSSR count). The van der Waals surface area contributed by atoms with Gasteiger partial charge in [-0.1, -0.05) is 101 Å². The molecule has 20 nitrogen and oxygen atoms in total. The van der Waals surface area contributed by atoms with E-state index in [0.29, 0.717) is 56.8 Å². The van der Waals surface area contributed by atoms with Crippen LogP contribution in [0, 0.1) is 152 Å². The number of benzene rings is 5. The largest absolute Gasteiger partial charge is 0.481 e. The van der Waals surface area contributed by atoms with Crippen LogP contribution in [0.1, 0.15) is 337 Å². The fourth-order valence-corrected chi connectivity index (χ4v) is 13.8. The molecule has 0 saturated carbocycles. The number of esters is 3. The molecular weight excluding hydrogens is 1530 g/mol. The molecule has 0 aliphatic carbocycles. The van der Waals surface area contributed by atoms with E-state index in [2.05, 4.69) is 134 Å². The molecular formula is C102H140N6O14. The fourth-order valence-electron chi connectivity index (χ4n) is 13.8. The van der Waals surface area contributed by atoms with E-state index in [4.69, 9.17) is 25.9 Å². The van der Waals surface area contributed by atoms with Crippen LogP contribution in [-0.2, 0) is 36.6 Å². The maximum atomic E-state index is 12.0. The number of carboxylic acid groups (broad SMARTS) is 2. The van der Waals surface area contributed by atoms with Gasteiger partial charge in [-0.3, -0.25) is 53.7 Å². The zero-order valence-corrected chi connectivity index (χ0v) is 81.0. The number of aromatic nitrogens is 5. The van der Waals surface area contributed by atoms with Crippen molar-refractivity contribution < 1.29 is 67.6 Å². The molecule has 0 unspecified atom stereocenters. The van der Waals surface area contributed by atoms with Crippen LogP contribution in [0.3, 0.4) is 0 Å². The molecule has 10 aromatic rings. The summed E-state index contributed by atoms with van der Waals surface area (Å²) in [5, 5.41) is 26.8. The average molecular weight is 1670 g/mol. The summed E-state index contributed by atoms with van der Waals surface area (Å²) in [6.07, 6.45) is 13.8. The zero-order valence-electron chi connectivity index (χ0n) is 81.0. The van der Waals surface area contributed by atoms with Gasteiger partial charge in [-0.05, 0) is 279 Å². The van der Waals surface area contributed by atoms with Crippen molar-refractivity contribution >= 4 is 107 Å². The van der Waals surface area contributed by atoms with Gasteiger partial charge < -0.3 is 29.3 Å². The molecule has 5 aromatic carbocycles. The SMILES string of the molecule is CC(=O)c1ncc(C(=O)O)c2c(C)c(C)c(C)c(C)c12.CC(=O)c1ncc(CC(=O)O)c2c(C)c(C)c(C)c(C)c12.CCC.CCC.CCC.CCC.CCC.COC(=O)Cc1cnc(C(C)=O)c2c(C)c(C)c(C)c(C)c12.COC(=O)c1cnc(C(C)=O)c2c(C)c(C)c(C)c(C)c12.COC(=O)c1cnc(C)c2c(C)c(C)c(C)c(C)c12.[C-]#[N+]CC. The quantitative estimate of drug-likeness (QED) is 0.0526. The number of methoxy groups -OCH3 is 3. The summed E-state index contributed by atoms with van der Waals surface area (Å²) >= 11 is 0. The summed E-state index contributed by atoms with van der Waals surface area (Å²) in [6.45, 7) is 77.8. The molecule has 0 bridgehead atoms. The highest BCUT2D eigenvalue weighted by Crippen LogP contribution is 2.39. The summed E-state index contributed by atoms with van der Waals surface area (Å²) in [6, 6.07) is 0. The number of carbonyl (C=O) groups is 9. The number of pyridine rings is 5. The molecule has 0 amide bonds. The van der Waals surface area contributed by atoms with Gasteiger partial charge in [0.25, 0.3) is 0 Å². The lowest BCUT2D eigenvalue weighted by atomic mass is 9.88. The number of carbonyl (C=O) groups excluding carboxylic acids is 7. The summed E-state index contributed by atoms with van der Waals surface area (Å²) in [7, 11) is 4.11. The fraction of sp³-hybridized carbons (Fsp3) is 0.461. The van der Waals surface area contributed by atoms with Crippen LogP contribution >= 0.6 is 0 Å². The van der Waals surface area contributed by atoms with Gasteiger partial charge in [-0.25, -0.2) is 21.0 Å². The topological polar surface area (TPSA) is 291 Å². The molecule has 2 N–H and O–H groups in total. The molecule has 5 aromatic heterocycles. The van der Waals surface area contributed by atoms with E-state index < -0.39 is 17.9 Å². The Morgan fingerprint density at radius 2 is 0.500 bits per heavy atom. The average Bonchev–Trinajstić information content (AvgIpc) is 1.29. The Morgan fingerprint density at radius 1 is 0.295 bits per heavy atom. The van der Waals surface area contributed by atoms with E-state index >= 15 is 0 Å². The first-order chi connectivity index (χ1) is 57.0. The Bertz CT molecular complexity index is 5470. The van der Waals surface area contributed by atoms with Crippen molar-refractivity contribution in [2.75, 3.05) is 27.9 Å². The Morgan fingerprint density at radius 3 is 0.738 bits per heavy atom. The number of ketones is 4. The molecule has 0 radical (unpaired) electrons. The minimum atomic E-state index is -1.02. The van der Waals surface area contributed by atoms with Crippen molar-refractivity contribution in [2.45, 2.75) is 294 Å². The van der Waals surface area contributed by atoms with E-state index in [9.17, 15) is 48.3 Å². The van der Waals surface area contributed by atoms with Gasteiger partial charge in [-0.15, -0.1) is 0 Å². The third-order valence-corrected chi connectivity index (χ3v) is 21.4. The maximum absolute atomic E-state index is 12.0. The Balaban J connectivity index is 0.00000142. The van der Waals surface area contributed by atoms with Crippen LogP contribution in [0.4, 0.5) is 0 Å². The van der Waals surface area contributed by atoms with Crippen molar-refractivity contribution in [3.63, 3.8) is 0 Å². The first kappa shape index (κ1) is 111. The standard InChI is InChI=1S/C18H21NO3.2C17H19NO3.C16H17NO3.C16H19NO2.C3H5N.5C3H8/c1-9-10(2)12(4)17-16(11(9)3)14(7-15(21)22-6)8-19-18(17)13(5)20;1-8-9(2)11(4)15-14(10(8)3)13(17(20)21-6)7-18-16(15)12(5)19;1-8-9(2)11(4)16-15(10(8)3)13(6-14(20)21)7-18-17(16)12(5)19;1-7-8(2)10(4)14-13(9(7)3)12(16(19)20)6-17-15(14)11(5)18;1-8-9(2)11(4)15-13(16(18)19-6)7-17-12(5)14(15)10(8)3;1-3-4-2;5*1-3-2/h8H,7H2,1-6H3;7H,1-6H3;7H,6H2,1-5H3,(H,20,21);6H,1-5H3,(H,19,20);7H,1-6H3;3H2,1H3;5*3H2,1-2H3. The number of nitrogens with zero attached hydrogens (tertiary/aromatic N) is 6. The Hall–Kier alpha value is -11.3. The molecule has 0 spiro atoms. The van der Waals surface area contributed by atoms with Crippen molar-refractivity contribution in [3.05, 3.63) is 210 Å². The number of hydrogen-bond donors (Lipinski definition) is 2. The number of rotatable bonds is 11. The number of hydrogen-bond acceptors (Lipinski definition) is 17. The smallest absolute Gasteiger partial charge is 0.340 e. The maximum Gasteiger partial charge on any atom is 0.340 e. The lowest BCUT2D eigenvalue weighted by molar-refractivity contribution is -0.140. The van der Waals surface area contributed by atoms with E-state index in [1.807, 2.05) is 118 Å². The molecule has 0 aliphatic heterocycles. The lowest BCUT2D eigenvalue weighted by Crippen LogP contribution is -2.10. The van der Waals surface area contributed by atoms with Gasteiger partial charge in [0.05, 0.1) is 50.9 Å². The third kappa shape index (κ3) is 26.8. The second-order valence-electron chi connectivity index (χ2n) is 30.7. The van der Waals surface area contributed by atoms with Gasteiger partial charge in [-0.2, -0.15) is 0 Å². The number of aryl methyl sites for hydroxylation is 11. The summed E-state index contributed by atoms with van der Waals surface area (Å²) in [4.78, 5) is 130. The first-order valence-electron chi connectivity index (χ1n) is 42.0. The Kier molecular flexibility index (Phi) is 47.3. The molecule has 0 fully saturated rings. The monoisotopic (exact) mass is 1670 g/mol. The van der Waals surface area contributed by atoms with E-state index in [1.165, 1.54) is 122 Å². The molecule has 0 atom stereocenters. The second kappa shape index (κ2) is 52.1. The molecule has 662 valence electrons. The second-order valence-corrected chi connectivity index (χ2v) is 30.7.